The molecular weight excluding hydrogens is 244 g/mol. The van der Waals surface area contributed by atoms with Crippen molar-refractivity contribution in [1.29, 1.82) is 0 Å². The third-order valence-electron chi connectivity index (χ3n) is 3.55. The largest absolute Gasteiger partial charge is 0.365 e. The third kappa shape index (κ3) is 2.14. The summed E-state index contributed by atoms with van der Waals surface area (Å²) >= 11 is 5.81. The van der Waals surface area contributed by atoms with Crippen LogP contribution in [-0.4, -0.2) is 40.0 Å². The van der Waals surface area contributed by atoms with Crippen molar-refractivity contribution < 1.29 is 14.0 Å². The van der Waals surface area contributed by atoms with Gasteiger partial charge >= 0.3 is 11.6 Å². The molecule has 94 valence electrons. The lowest BCUT2D eigenvalue weighted by Crippen LogP contribution is -2.58. The van der Waals surface area contributed by atoms with Crippen molar-refractivity contribution in [3.05, 3.63) is 22.1 Å². The van der Waals surface area contributed by atoms with Gasteiger partial charge < -0.3 is 14.6 Å². The van der Waals surface area contributed by atoms with E-state index in [4.69, 9.17) is 11.6 Å². The highest BCUT2D eigenvalue weighted by Gasteiger charge is 2.37. The Kier molecular flexibility index (Phi) is 3.09. The predicted octanol–water partition coefficient (Wildman–Crippen LogP) is 0.420. The van der Waals surface area contributed by atoms with E-state index in [-0.39, 0.29) is 10.7 Å². The van der Waals surface area contributed by atoms with Gasteiger partial charge in [0.15, 0.2) is 12.7 Å². The monoisotopic (exact) mass is 260 g/mol. The van der Waals surface area contributed by atoms with Crippen molar-refractivity contribution in [2.45, 2.75) is 13.1 Å². The van der Waals surface area contributed by atoms with E-state index in [2.05, 4.69) is 7.05 Å². The van der Waals surface area contributed by atoms with Crippen LogP contribution in [0.25, 0.3) is 0 Å². The van der Waals surface area contributed by atoms with Crippen LogP contribution in [0.1, 0.15) is 5.82 Å². The number of hydrogen-bond donors (Lipinski definition) is 0. The molecule has 17 heavy (non-hydrogen) atoms. The number of imidazole rings is 1. The van der Waals surface area contributed by atoms with Gasteiger partial charge in [0, 0.05) is 0 Å². The van der Waals surface area contributed by atoms with Gasteiger partial charge in [-0.05, 0) is 4.92 Å². The van der Waals surface area contributed by atoms with E-state index in [9.17, 15) is 10.1 Å². The van der Waals surface area contributed by atoms with Crippen molar-refractivity contribution >= 4 is 17.4 Å². The summed E-state index contributed by atoms with van der Waals surface area (Å²) in [7, 11) is 3.89. The lowest BCUT2D eigenvalue weighted by molar-refractivity contribution is -0.965. The SMILES string of the molecule is Cn1c([N+](=O)[O-])c[n+]2c1C[N+](C)(CCCl)CC2. The second kappa shape index (κ2) is 4.27. The molecule has 2 heterocycles. The molecule has 0 saturated carbocycles. The van der Waals surface area contributed by atoms with E-state index in [0.717, 1.165) is 36.5 Å². The number of nitro groups is 1. The van der Waals surface area contributed by atoms with E-state index in [1.165, 1.54) is 0 Å². The molecule has 2 rings (SSSR count). The van der Waals surface area contributed by atoms with Crippen LogP contribution in [0, 0.1) is 10.1 Å². The minimum absolute atomic E-state index is 0.152. The molecule has 1 aliphatic rings. The third-order valence-corrected chi connectivity index (χ3v) is 3.72. The van der Waals surface area contributed by atoms with Crippen molar-refractivity contribution in [3.8, 4) is 0 Å². The van der Waals surface area contributed by atoms with Crippen LogP contribution in [0.2, 0.25) is 0 Å². The van der Waals surface area contributed by atoms with E-state index in [1.807, 2.05) is 4.57 Å². The summed E-state index contributed by atoms with van der Waals surface area (Å²) in [4.78, 5) is 10.5. The quantitative estimate of drug-likeness (QED) is 0.260. The van der Waals surface area contributed by atoms with Gasteiger partial charge in [-0.15, -0.1) is 11.6 Å². The number of quaternary nitrogens is 1. The average Bonchev–Trinajstić information content (AvgIpc) is 2.56. The summed E-state index contributed by atoms with van der Waals surface area (Å²) in [6.45, 7) is 3.45. The molecule has 0 radical (unpaired) electrons. The predicted molar refractivity (Wildman–Crippen MR) is 62.6 cm³/mol. The first kappa shape index (κ1) is 12.3. The molecule has 0 saturated heterocycles. The van der Waals surface area contributed by atoms with Gasteiger partial charge in [-0.2, -0.15) is 4.57 Å². The lowest BCUT2D eigenvalue weighted by atomic mass is 10.3. The summed E-state index contributed by atoms with van der Waals surface area (Å²) in [6.07, 6.45) is 1.62. The average molecular weight is 261 g/mol. The van der Waals surface area contributed by atoms with Crippen LogP contribution in [-0.2, 0) is 20.1 Å². The van der Waals surface area contributed by atoms with Crippen LogP contribution in [0.4, 0.5) is 5.82 Å². The molecule has 0 aromatic carbocycles. The Labute approximate surface area is 105 Å². The number of rotatable bonds is 3. The minimum atomic E-state index is -0.336. The van der Waals surface area contributed by atoms with Gasteiger partial charge in [-0.25, -0.2) is 4.57 Å². The standard InChI is InChI=1S/C10H17ClN4O2/c1-12-9(14(16)17)7-13-4-6-15(2,5-3-11)8-10(12)13/h7H,3-6,8H2,1-2H3/q+2. The minimum Gasteiger partial charge on any atom is -0.358 e. The van der Waals surface area contributed by atoms with Crippen molar-refractivity contribution in [2.75, 3.05) is 26.0 Å². The first-order valence-electron chi connectivity index (χ1n) is 5.59. The molecule has 0 fully saturated rings. The number of alkyl halides is 1. The summed E-state index contributed by atoms with van der Waals surface area (Å²) in [5.74, 6) is 1.76. The first-order valence-corrected chi connectivity index (χ1v) is 6.12. The van der Waals surface area contributed by atoms with Crippen LogP contribution in [0.15, 0.2) is 6.20 Å². The fourth-order valence-electron chi connectivity index (χ4n) is 2.35. The number of halogens is 1. The van der Waals surface area contributed by atoms with Gasteiger partial charge in [0.05, 0.1) is 26.5 Å². The Balaban J connectivity index is 2.35. The molecule has 1 unspecified atom stereocenters. The number of hydrogen-bond acceptors (Lipinski definition) is 2. The summed E-state index contributed by atoms with van der Waals surface area (Å²) in [6, 6.07) is 0. The molecule has 0 bridgehead atoms. The molecule has 0 N–H and O–H groups in total. The molecule has 1 aliphatic heterocycles. The normalized spacial score (nSPS) is 23.5. The van der Waals surface area contributed by atoms with Gasteiger partial charge in [0.1, 0.15) is 13.1 Å². The fourth-order valence-corrected chi connectivity index (χ4v) is 2.76. The number of aromatic nitrogens is 2. The van der Waals surface area contributed by atoms with Crippen molar-refractivity contribution in [1.82, 2.24) is 4.57 Å². The Hall–Kier alpha value is -1.14. The molecule has 0 amide bonds. The van der Waals surface area contributed by atoms with Crippen LogP contribution in [0.3, 0.4) is 0 Å². The Morgan fingerprint density at radius 3 is 3.00 bits per heavy atom. The highest BCUT2D eigenvalue weighted by molar-refractivity contribution is 6.17. The summed E-state index contributed by atoms with van der Waals surface area (Å²) < 4.78 is 4.49. The highest BCUT2D eigenvalue weighted by atomic mass is 35.5. The first-order chi connectivity index (χ1) is 7.97. The molecule has 7 heteroatoms. The molecule has 1 aromatic heterocycles. The topological polar surface area (TPSA) is 51.9 Å². The van der Waals surface area contributed by atoms with Gasteiger partial charge in [0.2, 0.25) is 0 Å². The van der Waals surface area contributed by atoms with Crippen LogP contribution < -0.4 is 4.57 Å². The zero-order valence-corrected chi connectivity index (χ0v) is 10.9. The number of nitrogens with zero attached hydrogens (tertiary/aromatic N) is 4. The summed E-state index contributed by atoms with van der Waals surface area (Å²) in [5, 5.41) is 10.9. The Bertz CT molecular complexity index is 459. The van der Waals surface area contributed by atoms with Crippen LogP contribution in [0.5, 0.6) is 0 Å². The molecule has 1 atom stereocenters. The second-order valence-electron chi connectivity index (χ2n) is 4.83. The zero-order chi connectivity index (χ0) is 12.6. The maximum atomic E-state index is 10.9. The van der Waals surface area contributed by atoms with Crippen molar-refractivity contribution in [2.24, 2.45) is 7.05 Å². The smallest absolute Gasteiger partial charge is 0.358 e. The molecular formula is C10H17ClN4O2+2. The van der Waals surface area contributed by atoms with Gasteiger partial charge in [-0.1, -0.05) is 0 Å². The molecule has 0 aliphatic carbocycles. The number of fused-ring (bicyclic) bond motifs is 1. The van der Waals surface area contributed by atoms with E-state index >= 15 is 0 Å². The van der Waals surface area contributed by atoms with Gasteiger partial charge in [0.25, 0.3) is 0 Å². The van der Waals surface area contributed by atoms with E-state index < -0.39 is 0 Å². The van der Waals surface area contributed by atoms with Crippen LogP contribution >= 0.6 is 11.6 Å². The Morgan fingerprint density at radius 1 is 1.71 bits per heavy atom. The summed E-state index contributed by atoms with van der Waals surface area (Å²) in [5.41, 5.74) is 0. The molecule has 1 aromatic rings. The Morgan fingerprint density at radius 2 is 2.41 bits per heavy atom. The zero-order valence-electron chi connectivity index (χ0n) is 10.1. The molecule has 6 nitrogen and oxygen atoms in total. The molecule has 0 spiro atoms. The number of likely N-dealkylation sites (N-methyl/N-ethyl adjacent to an activating group) is 1. The second-order valence-corrected chi connectivity index (χ2v) is 5.20. The highest BCUT2D eigenvalue weighted by Crippen LogP contribution is 2.18. The fraction of sp³-hybridized carbons (Fsp3) is 0.700. The maximum Gasteiger partial charge on any atom is 0.365 e. The van der Waals surface area contributed by atoms with E-state index in [0.29, 0.717) is 5.88 Å². The maximum absolute atomic E-state index is 10.9. The van der Waals surface area contributed by atoms with Gasteiger partial charge in [-0.3, -0.25) is 0 Å². The lowest BCUT2D eigenvalue weighted by Gasteiger charge is -2.34. The van der Waals surface area contributed by atoms with E-state index in [1.54, 1.807) is 17.8 Å². The van der Waals surface area contributed by atoms with Crippen molar-refractivity contribution in [3.63, 3.8) is 0 Å².